The smallest absolute Gasteiger partial charge is 0.224 e. The SMILES string of the molecule is O=C1CCc2cc(NCc3ccc(Br)cc3Cl)ccc2N1. The summed E-state index contributed by atoms with van der Waals surface area (Å²) < 4.78 is 0.973. The molecule has 0 spiro atoms. The van der Waals surface area contributed by atoms with E-state index >= 15 is 0 Å². The van der Waals surface area contributed by atoms with Crippen LogP contribution in [0.3, 0.4) is 0 Å². The Labute approximate surface area is 136 Å². The molecule has 21 heavy (non-hydrogen) atoms. The zero-order valence-corrected chi connectivity index (χ0v) is 13.6. The van der Waals surface area contributed by atoms with Gasteiger partial charge in [-0.1, -0.05) is 33.6 Å². The van der Waals surface area contributed by atoms with Crippen molar-refractivity contribution in [3.05, 3.63) is 57.0 Å². The molecule has 1 aliphatic rings. The summed E-state index contributed by atoms with van der Waals surface area (Å²) in [5.41, 5.74) is 4.16. The lowest BCUT2D eigenvalue weighted by molar-refractivity contribution is -0.116. The van der Waals surface area contributed by atoms with Crippen molar-refractivity contribution in [1.82, 2.24) is 0 Å². The molecule has 1 heterocycles. The average Bonchev–Trinajstić information content (AvgIpc) is 2.46. The van der Waals surface area contributed by atoms with Gasteiger partial charge in [0.1, 0.15) is 0 Å². The summed E-state index contributed by atoms with van der Waals surface area (Å²) in [5, 5.41) is 6.99. The average molecular weight is 366 g/mol. The van der Waals surface area contributed by atoms with Gasteiger partial charge in [-0.15, -0.1) is 0 Å². The first kappa shape index (κ1) is 14.4. The summed E-state index contributed by atoms with van der Waals surface area (Å²) in [7, 11) is 0. The molecule has 0 saturated heterocycles. The van der Waals surface area contributed by atoms with Crippen molar-refractivity contribution in [2.45, 2.75) is 19.4 Å². The molecule has 0 unspecified atom stereocenters. The number of hydrogen-bond acceptors (Lipinski definition) is 2. The molecule has 0 saturated carbocycles. The van der Waals surface area contributed by atoms with Crippen LogP contribution in [-0.2, 0) is 17.8 Å². The van der Waals surface area contributed by atoms with Gasteiger partial charge < -0.3 is 10.6 Å². The molecule has 108 valence electrons. The third-order valence-electron chi connectivity index (χ3n) is 3.50. The third-order valence-corrected chi connectivity index (χ3v) is 4.34. The Hall–Kier alpha value is -1.52. The number of aryl methyl sites for hydroxylation is 1. The summed E-state index contributed by atoms with van der Waals surface area (Å²) in [6.45, 7) is 0.664. The number of carbonyl (C=O) groups excluding carboxylic acids is 1. The molecule has 3 rings (SSSR count). The van der Waals surface area contributed by atoms with E-state index in [9.17, 15) is 4.79 Å². The minimum atomic E-state index is 0.0878. The van der Waals surface area contributed by atoms with Gasteiger partial charge in [-0.3, -0.25) is 4.79 Å². The lowest BCUT2D eigenvalue weighted by atomic mass is 10.0. The monoisotopic (exact) mass is 364 g/mol. The molecule has 0 fully saturated rings. The van der Waals surface area contributed by atoms with Crippen LogP contribution < -0.4 is 10.6 Å². The molecule has 0 aliphatic carbocycles. The van der Waals surface area contributed by atoms with Gasteiger partial charge in [-0.05, 0) is 47.9 Å². The summed E-state index contributed by atoms with van der Waals surface area (Å²) in [5.74, 6) is 0.0878. The number of carbonyl (C=O) groups is 1. The number of amides is 1. The zero-order chi connectivity index (χ0) is 14.8. The summed E-state index contributed by atoms with van der Waals surface area (Å²) in [6, 6.07) is 11.9. The summed E-state index contributed by atoms with van der Waals surface area (Å²) in [4.78, 5) is 11.3. The fourth-order valence-electron chi connectivity index (χ4n) is 2.36. The van der Waals surface area contributed by atoms with Gasteiger partial charge in [-0.2, -0.15) is 0 Å². The largest absolute Gasteiger partial charge is 0.381 e. The van der Waals surface area contributed by atoms with E-state index in [0.29, 0.717) is 13.0 Å². The molecule has 3 nitrogen and oxygen atoms in total. The van der Waals surface area contributed by atoms with E-state index in [0.717, 1.165) is 32.9 Å². The van der Waals surface area contributed by atoms with E-state index in [1.54, 1.807) is 0 Å². The van der Waals surface area contributed by atoms with Crippen LogP contribution in [0.2, 0.25) is 5.02 Å². The number of hydrogen-bond donors (Lipinski definition) is 2. The summed E-state index contributed by atoms with van der Waals surface area (Å²) >= 11 is 9.61. The van der Waals surface area contributed by atoms with Gasteiger partial charge >= 0.3 is 0 Å². The lowest BCUT2D eigenvalue weighted by Gasteiger charge is -2.18. The van der Waals surface area contributed by atoms with E-state index in [1.165, 1.54) is 5.56 Å². The van der Waals surface area contributed by atoms with Crippen LogP contribution in [0.4, 0.5) is 11.4 Å². The highest BCUT2D eigenvalue weighted by atomic mass is 79.9. The molecule has 0 atom stereocenters. The molecule has 0 bridgehead atoms. The first-order valence-corrected chi connectivity index (χ1v) is 7.89. The van der Waals surface area contributed by atoms with Crippen LogP contribution in [0.5, 0.6) is 0 Å². The van der Waals surface area contributed by atoms with Crippen molar-refractivity contribution in [2.75, 3.05) is 10.6 Å². The highest BCUT2D eigenvalue weighted by Crippen LogP contribution is 2.27. The van der Waals surface area contributed by atoms with Crippen LogP contribution in [-0.4, -0.2) is 5.91 Å². The first-order chi connectivity index (χ1) is 10.1. The molecule has 0 radical (unpaired) electrons. The van der Waals surface area contributed by atoms with Crippen LogP contribution in [0.1, 0.15) is 17.5 Å². The number of benzene rings is 2. The molecule has 5 heteroatoms. The molecule has 2 N–H and O–H groups in total. The zero-order valence-electron chi connectivity index (χ0n) is 11.2. The number of nitrogens with one attached hydrogen (secondary N) is 2. The third kappa shape index (κ3) is 3.39. The van der Waals surface area contributed by atoms with Crippen LogP contribution in [0.25, 0.3) is 0 Å². The Balaban J connectivity index is 1.72. The van der Waals surface area contributed by atoms with Gasteiger partial charge in [0.25, 0.3) is 0 Å². The second-order valence-electron chi connectivity index (χ2n) is 5.01. The Morgan fingerprint density at radius 3 is 2.86 bits per heavy atom. The highest BCUT2D eigenvalue weighted by Gasteiger charge is 2.14. The maximum Gasteiger partial charge on any atom is 0.224 e. The van der Waals surface area contributed by atoms with E-state index in [-0.39, 0.29) is 5.91 Å². The van der Waals surface area contributed by atoms with Crippen LogP contribution in [0, 0.1) is 0 Å². The van der Waals surface area contributed by atoms with Gasteiger partial charge in [0, 0.05) is 33.8 Å². The number of halogens is 2. The number of fused-ring (bicyclic) bond motifs is 1. The van der Waals surface area contributed by atoms with Crippen molar-refractivity contribution in [1.29, 1.82) is 0 Å². The van der Waals surface area contributed by atoms with Crippen LogP contribution >= 0.6 is 27.5 Å². The van der Waals surface area contributed by atoms with Crippen molar-refractivity contribution in [2.24, 2.45) is 0 Å². The molecule has 1 aliphatic heterocycles. The molecular formula is C16H14BrClN2O. The highest BCUT2D eigenvalue weighted by molar-refractivity contribution is 9.10. The normalized spacial score (nSPS) is 13.5. The second-order valence-corrected chi connectivity index (χ2v) is 6.33. The van der Waals surface area contributed by atoms with E-state index in [1.807, 2.05) is 30.3 Å². The number of rotatable bonds is 3. The van der Waals surface area contributed by atoms with Crippen molar-refractivity contribution >= 4 is 44.8 Å². The van der Waals surface area contributed by atoms with Crippen molar-refractivity contribution in [3.63, 3.8) is 0 Å². The minimum Gasteiger partial charge on any atom is -0.381 e. The molecular weight excluding hydrogens is 352 g/mol. The Kier molecular flexibility index (Phi) is 4.17. The van der Waals surface area contributed by atoms with E-state index in [4.69, 9.17) is 11.6 Å². The molecule has 1 amide bonds. The second kappa shape index (κ2) is 6.08. The number of anilines is 2. The maximum atomic E-state index is 11.3. The molecule has 0 aromatic heterocycles. The minimum absolute atomic E-state index is 0.0878. The maximum absolute atomic E-state index is 11.3. The predicted octanol–water partition coefficient (Wildman–Crippen LogP) is 4.60. The van der Waals surface area contributed by atoms with Gasteiger partial charge in [0.05, 0.1) is 0 Å². The summed E-state index contributed by atoms with van der Waals surface area (Å²) in [6.07, 6.45) is 1.34. The quantitative estimate of drug-likeness (QED) is 0.834. The Morgan fingerprint density at radius 2 is 2.05 bits per heavy atom. The van der Waals surface area contributed by atoms with Crippen molar-refractivity contribution < 1.29 is 4.79 Å². The Bertz CT molecular complexity index is 703. The van der Waals surface area contributed by atoms with Crippen LogP contribution in [0.15, 0.2) is 40.9 Å². The van der Waals surface area contributed by atoms with Gasteiger partial charge in [0.2, 0.25) is 5.91 Å². The van der Waals surface area contributed by atoms with E-state index < -0.39 is 0 Å². The lowest BCUT2D eigenvalue weighted by Crippen LogP contribution is -2.18. The van der Waals surface area contributed by atoms with Gasteiger partial charge in [0.15, 0.2) is 0 Å². The molecule has 2 aromatic carbocycles. The topological polar surface area (TPSA) is 41.1 Å². The van der Waals surface area contributed by atoms with Crippen molar-refractivity contribution in [3.8, 4) is 0 Å². The Morgan fingerprint density at radius 1 is 1.19 bits per heavy atom. The fraction of sp³-hybridized carbons (Fsp3) is 0.188. The fourth-order valence-corrected chi connectivity index (χ4v) is 3.10. The van der Waals surface area contributed by atoms with E-state index in [2.05, 4.69) is 32.6 Å². The first-order valence-electron chi connectivity index (χ1n) is 6.72. The van der Waals surface area contributed by atoms with Gasteiger partial charge in [-0.25, -0.2) is 0 Å². The molecule has 2 aromatic rings. The standard InChI is InChI=1S/C16H14BrClN2O/c17-12-3-1-11(14(18)8-12)9-19-13-4-5-15-10(7-13)2-6-16(21)20-15/h1,3-5,7-8,19H,2,6,9H2,(H,20,21). The predicted molar refractivity (Wildman–Crippen MR) is 89.9 cm³/mol.